The molecular formula is C16H21NO4S. The van der Waals surface area contributed by atoms with Crippen LogP contribution < -0.4 is 0 Å². The molecule has 0 radical (unpaired) electrons. The molecule has 2 saturated heterocycles. The molecule has 6 heteroatoms. The Kier molecular flexibility index (Phi) is 3.99. The lowest BCUT2D eigenvalue weighted by Crippen LogP contribution is -2.50. The lowest BCUT2D eigenvalue weighted by atomic mass is 9.79. The number of piperidine rings is 1. The standard InChI is InChI=1S/C16H21NO4S/c1-11-3-5-14(6-4-11)22(19,20)17-8-7-13-9-16(18)21-12(2)15(13)10-17/h3-6,12-13,15H,7-10H2,1-2H3. The third-order valence-corrected chi connectivity index (χ3v) is 6.66. The number of hydrogen-bond acceptors (Lipinski definition) is 4. The fourth-order valence-corrected chi connectivity index (χ4v) is 4.91. The molecule has 0 aromatic heterocycles. The van der Waals surface area contributed by atoms with Gasteiger partial charge in [-0.05, 0) is 38.3 Å². The smallest absolute Gasteiger partial charge is 0.306 e. The second-order valence-electron chi connectivity index (χ2n) is 6.29. The summed E-state index contributed by atoms with van der Waals surface area (Å²) < 4.78 is 32.3. The molecule has 0 N–H and O–H groups in total. The Balaban J connectivity index is 1.81. The second kappa shape index (κ2) is 5.66. The van der Waals surface area contributed by atoms with Crippen LogP contribution in [-0.4, -0.2) is 37.9 Å². The monoisotopic (exact) mass is 323 g/mol. The summed E-state index contributed by atoms with van der Waals surface area (Å²) in [7, 11) is -3.47. The number of ether oxygens (including phenoxy) is 1. The second-order valence-corrected chi connectivity index (χ2v) is 8.23. The molecule has 2 aliphatic rings. The highest BCUT2D eigenvalue weighted by Crippen LogP contribution is 2.36. The molecule has 22 heavy (non-hydrogen) atoms. The van der Waals surface area contributed by atoms with E-state index >= 15 is 0 Å². The van der Waals surface area contributed by atoms with E-state index < -0.39 is 10.0 Å². The van der Waals surface area contributed by atoms with Crippen LogP contribution in [0.1, 0.15) is 25.3 Å². The van der Waals surface area contributed by atoms with Gasteiger partial charge in [-0.3, -0.25) is 4.79 Å². The summed E-state index contributed by atoms with van der Waals surface area (Å²) in [6.45, 7) is 4.68. The molecule has 2 fully saturated rings. The summed E-state index contributed by atoms with van der Waals surface area (Å²) in [5, 5.41) is 0. The molecule has 5 nitrogen and oxygen atoms in total. The van der Waals surface area contributed by atoms with Crippen LogP contribution in [0.4, 0.5) is 0 Å². The van der Waals surface area contributed by atoms with Crippen LogP contribution in [0.5, 0.6) is 0 Å². The molecule has 1 aromatic carbocycles. The van der Waals surface area contributed by atoms with Crippen molar-refractivity contribution in [3.05, 3.63) is 29.8 Å². The van der Waals surface area contributed by atoms with E-state index in [1.165, 1.54) is 4.31 Å². The first-order valence-electron chi connectivity index (χ1n) is 7.64. The van der Waals surface area contributed by atoms with Crippen LogP contribution in [0.25, 0.3) is 0 Å². The third-order valence-electron chi connectivity index (χ3n) is 4.78. The predicted molar refractivity (Wildman–Crippen MR) is 81.7 cm³/mol. The first-order chi connectivity index (χ1) is 10.4. The van der Waals surface area contributed by atoms with E-state index in [-0.39, 0.29) is 23.9 Å². The van der Waals surface area contributed by atoms with Crippen molar-refractivity contribution in [1.29, 1.82) is 0 Å². The molecular weight excluding hydrogens is 302 g/mol. The van der Waals surface area contributed by atoms with E-state index in [0.29, 0.717) is 24.4 Å². The maximum atomic E-state index is 12.8. The van der Waals surface area contributed by atoms with Crippen molar-refractivity contribution in [3.63, 3.8) is 0 Å². The maximum absolute atomic E-state index is 12.8. The summed E-state index contributed by atoms with van der Waals surface area (Å²) in [6.07, 6.45) is 0.907. The van der Waals surface area contributed by atoms with Crippen molar-refractivity contribution in [2.75, 3.05) is 13.1 Å². The topological polar surface area (TPSA) is 63.7 Å². The molecule has 2 aliphatic heterocycles. The van der Waals surface area contributed by atoms with Gasteiger partial charge in [-0.2, -0.15) is 4.31 Å². The zero-order valence-electron chi connectivity index (χ0n) is 12.9. The maximum Gasteiger partial charge on any atom is 0.306 e. The highest BCUT2D eigenvalue weighted by atomic mass is 32.2. The number of cyclic esters (lactones) is 1. The molecule has 120 valence electrons. The quantitative estimate of drug-likeness (QED) is 0.781. The van der Waals surface area contributed by atoms with E-state index in [1.54, 1.807) is 12.1 Å². The normalized spacial score (nSPS) is 29.7. The van der Waals surface area contributed by atoms with E-state index in [0.717, 1.165) is 12.0 Å². The number of hydrogen-bond donors (Lipinski definition) is 0. The Bertz CT molecular complexity index is 668. The summed E-state index contributed by atoms with van der Waals surface area (Å²) in [5.74, 6) is 0.163. The molecule has 0 saturated carbocycles. The highest BCUT2D eigenvalue weighted by molar-refractivity contribution is 7.89. The van der Waals surface area contributed by atoms with Crippen LogP contribution in [0.15, 0.2) is 29.2 Å². The van der Waals surface area contributed by atoms with Gasteiger partial charge in [0.05, 0.1) is 4.90 Å². The number of fused-ring (bicyclic) bond motifs is 1. The zero-order chi connectivity index (χ0) is 15.9. The van der Waals surface area contributed by atoms with Crippen molar-refractivity contribution in [1.82, 2.24) is 4.31 Å². The van der Waals surface area contributed by atoms with Crippen LogP contribution in [0.2, 0.25) is 0 Å². The average Bonchev–Trinajstić information content (AvgIpc) is 2.47. The summed E-state index contributed by atoms with van der Waals surface area (Å²) in [5.41, 5.74) is 1.03. The van der Waals surface area contributed by atoms with Gasteiger partial charge in [0.2, 0.25) is 10.0 Å². The number of aryl methyl sites for hydroxylation is 1. The van der Waals surface area contributed by atoms with Gasteiger partial charge < -0.3 is 4.74 Å². The van der Waals surface area contributed by atoms with Gasteiger partial charge in [0.1, 0.15) is 6.10 Å². The lowest BCUT2D eigenvalue weighted by Gasteiger charge is -2.42. The lowest BCUT2D eigenvalue weighted by molar-refractivity contribution is -0.163. The van der Waals surface area contributed by atoms with Crippen LogP contribution >= 0.6 is 0 Å². The van der Waals surface area contributed by atoms with E-state index in [9.17, 15) is 13.2 Å². The first-order valence-corrected chi connectivity index (χ1v) is 9.08. The Morgan fingerprint density at radius 3 is 2.59 bits per heavy atom. The van der Waals surface area contributed by atoms with Crippen LogP contribution in [0, 0.1) is 18.8 Å². The minimum absolute atomic E-state index is 0.0895. The minimum Gasteiger partial charge on any atom is -0.462 e. The summed E-state index contributed by atoms with van der Waals surface area (Å²) in [4.78, 5) is 11.8. The van der Waals surface area contributed by atoms with Gasteiger partial charge in [0.15, 0.2) is 0 Å². The molecule has 0 aliphatic carbocycles. The van der Waals surface area contributed by atoms with E-state index in [2.05, 4.69) is 0 Å². The number of carbonyl (C=O) groups excluding carboxylic acids is 1. The van der Waals surface area contributed by atoms with Gasteiger partial charge >= 0.3 is 5.97 Å². The predicted octanol–water partition coefficient (Wildman–Crippen LogP) is 1.96. The van der Waals surface area contributed by atoms with Crippen LogP contribution in [-0.2, 0) is 19.6 Å². The molecule has 0 amide bonds. The molecule has 3 rings (SSSR count). The fraction of sp³-hybridized carbons (Fsp3) is 0.562. The molecule has 0 spiro atoms. The van der Waals surface area contributed by atoms with Crippen LogP contribution in [0.3, 0.4) is 0 Å². The molecule has 3 unspecified atom stereocenters. The Labute approximate surface area is 131 Å². The third kappa shape index (κ3) is 2.77. The van der Waals surface area contributed by atoms with Crippen molar-refractivity contribution >= 4 is 16.0 Å². The first kappa shape index (κ1) is 15.5. The Hall–Kier alpha value is -1.40. The SMILES string of the molecule is Cc1ccc(S(=O)(=O)N2CCC3CC(=O)OC(C)C3C2)cc1. The summed E-state index contributed by atoms with van der Waals surface area (Å²) >= 11 is 0. The average molecular weight is 323 g/mol. The van der Waals surface area contributed by atoms with Crippen molar-refractivity contribution < 1.29 is 17.9 Å². The van der Waals surface area contributed by atoms with Gasteiger partial charge in [0.25, 0.3) is 0 Å². The van der Waals surface area contributed by atoms with Crippen molar-refractivity contribution in [2.24, 2.45) is 11.8 Å². The van der Waals surface area contributed by atoms with Crippen molar-refractivity contribution in [3.8, 4) is 0 Å². The van der Waals surface area contributed by atoms with Crippen molar-refractivity contribution in [2.45, 2.75) is 37.7 Å². The summed E-state index contributed by atoms with van der Waals surface area (Å²) in [6, 6.07) is 6.93. The number of sulfonamides is 1. The van der Waals surface area contributed by atoms with E-state index in [4.69, 9.17) is 4.74 Å². The number of nitrogens with zero attached hydrogens (tertiary/aromatic N) is 1. The minimum atomic E-state index is -3.47. The number of carbonyl (C=O) groups is 1. The number of rotatable bonds is 2. The molecule has 3 atom stereocenters. The van der Waals surface area contributed by atoms with Gasteiger partial charge in [-0.25, -0.2) is 8.42 Å². The highest BCUT2D eigenvalue weighted by Gasteiger charge is 2.42. The molecule has 1 aromatic rings. The largest absolute Gasteiger partial charge is 0.462 e. The van der Waals surface area contributed by atoms with Gasteiger partial charge in [0, 0.05) is 25.4 Å². The van der Waals surface area contributed by atoms with Gasteiger partial charge in [-0.1, -0.05) is 17.7 Å². The Morgan fingerprint density at radius 2 is 1.91 bits per heavy atom. The number of benzene rings is 1. The fourth-order valence-electron chi connectivity index (χ4n) is 3.42. The Morgan fingerprint density at radius 1 is 1.23 bits per heavy atom. The van der Waals surface area contributed by atoms with Gasteiger partial charge in [-0.15, -0.1) is 0 Å². The van der Waals surface area contributed by atoms with E-state index in [1.807, 2.05) is 26.0 Å². The molecule has 0 bridgehead atoms. The number of esters is 1. The molecule has 2 heterocycles. The zero-order valence-corrected chi connectivity index (χ0v) is 13.7.